The van der Waals surface area contributed by atoms with Gasteiger partial charge in [-0.3, -0.25) is 4.79 Å². The number of nitrogens with two attached hydrogens (primary N) is 2. The van der Waals surface area contributed by atoms with Crippen LogP contribution in [0.4, 0.5) is 10.5 Å². The lowest BCUT2D eigenvalue weighted by atomic mass is 10.2. The van der Waals surface area contributed by atoms with Crippen molar-refractivity contribution >= 4 is 17.6 Å². The highest BCUT2D eigenvalue weighted by Gasteiger charge is 2.07. The van der Waals surface area contributed by atoms with Gasteiger partial charge in [0.05, 0.1) is 7.11 Å². The van der Waals surface area contributed by atoms with Crippen LogP contribution in [0.5, 0.6) is 5.75 Å². The summed E-state index contributed by atoms with van der Waals surface area (Å²) in [6, 6.07) is 4.10. The van der Waals surface area contributed by atoms with Gasteiger partial charge in [-0.25, -0.2) is 4.79 Å². The Hall–Kier alpha value is -2.44. The van der Waals surface area contributed by atoms with Crippen LogP contribution in [-0.2, 0) is 0 Å². The summed E-state index contributed by atoms with van der Waals surface area (Å²) in [5.74, 6) is 0.210. The van der Waals surface area contributed by atoms with Crippen LogP contribution in [0.1, 0.15) is 10.4 Å². The van der Waals surface area contributed by atoms with Crippen molar-refractivity contribution in [1.82, 2.24) is 10.6 Å². The molecular formula is C11H16N4O3. The van der Waals surface area contributed by atoms with Crippen molar-refractivity contribution in [2.45, 2.75) is 0 Å². The molecule has 6 N–H and O–H groups in total. The zero-order chi connectivity index (χ0) is 13.5. The summed E-state index contributed by atoms with van der Waals surface area (Å²) in [6.07, 6.45) is 0. The molecule has 0 radical (unpaired) electrons. The van der Waals surface area contributed by atoms with E-state index in [0.717, 1.165) is 0 Å². The highest BCUT2D eigenvalue weighted by atomic mass is 16.5. The minimum Gasteiger partial charge on any atom is -0.497 e. The molecule has 0 heterocycles. The molecule has 1 aromatic rings. The van der Waals surface area contributed by atoms with Gasteiger partial charge in [0, 0.05) is 30.4 Å². The predicted octanol–water partition coefficient (Wildman–Crippen LogP) is -0.324. The van der Waals surface area contributed by atoms with Gasteiger partial charge >= 0.3 is 6.03 Å². The number of hydrogen-bond acceptors (Lipinski definition) is 4. The molecule has 0 bridgehead atoms. The number of nitrogen functional groups attached to an aromatic ring is 1. The smallest absolute Gasteiger partial charge is 0.312 e. The van der Waals surface area contributed by atoms with E-state index in [2.05, 4.69) is 10.6 Å². The lowest BCUT2D eigenvalue weighted by Crippen LogP contribution is -2.37. The van der Waals surface area contributed by atoms with Crippen molar-refractivity contribution in [2.24, 2.45) is 5.73 Å². The van der Waals surface area contributed by atoms with E-state index in [1.165, 1.54) is 7.11 Å². The number of benzene rings is 1. The Morgan fingerprint density at radius 1 is 1.22 bits per heavy atom. The summed E-state index contributed by atoms with van der Waals surface area (Å²) < 4.78 is 5.01. The molecule has 1 aromatic carbocycles. The second-order valence-corrected chi connectivity index (χ2v) is 3.54. The van der Waals surface area contributed by atoms with Crippen LogP contribution in [0, 0.1) is 0 Å². The fraction of sp³-hybridized carbons (Fsp3) is 0.273. The quantitative estimate of drug-likeness (QED) is 0.424. The first-order valence-electron chi connectivity index (χ1n) is 5.29. The van der Waals surface area contributed by atoms with Gasteiger partial charge in [-0.2, -0.15) is 0 Å². The van der Waals surface area contributed by atoms with Crippen LogP contribution in [0.3, 0.4) is 0 Å². The molecule has 0 aliphatic heterocycles. The van der Waals surface area contributed by atoms with Crippen molar-refractivity contribution in [3.8, 4) is 5.75 Å². The molecular weight excluding hydrogens is 236 g/mol. The molecule has 7 nitrogen and oxygen atoms in total. The van der Waals surface area contributed by atoms with Crippen molar-refractivity contribution in [2.75, 3.05) is 25.9 Å². The van der Waals surface area contributed by atoms with Crippen LogP contribution < -0.4 is 26.8 Å². The highest BCUT2D eigenvalue weighted by Crippen LogP contribution is 2.18. The average molecular weight is 252 g/mol. The maximum atomic E-state index is 11.7. The van der Waals surface area contributed by atoms with E-state index in [-0.39, 0.29) is 19.0 Å². The molecule has 3 amide bonds. The second-order valence-electron chi connectivity index (χ2n) is 3.54. The van der Waals surface area contributed by atoms with Gasteiger partial charge in [0.1, 0.15) is 5.75 Å². The number of primary amides is 1. The van der Waals surface area contributed by atoms with Gasteiger partial charge in [0.2, 0.25) is 0 Å². The monoisotopic (exact) mass is 252 g/mol. The molecule has 98 valence electrons. The Labute approximate surface area is 104 Å². The van der Waals surface area contributed by atoms with E-state index in [9.17, 15) is 9.59 Å². The summed E-state index contributed by atoms with van der Waals surface area (Å²) in [5.41, 5.74) is 11.4. The van der Waals surface area contributed by atoms with Gasteiger partial charge in [-0.1, -0.05) is 0 Å². The van der Waals surface area contributed by atoms with Crippen LogP contribution in [-0.4, -0.2) is 32.1 Å². The van der Waals surface area contributed by atoms with Crippen molar-refractivity contribution < 1.29 is 14.3 Å². The number of methoxy groups -OCH3 is 1. The summed E-state index contributed by atoms with van der Waals surface area (Å²) in [4.78, 5) is 22.2. The third kappa shape index (κ3) is 4.20. The third-order valence-corrected chi connectivity index (χ3v) is 2.14. The molecule has 7 heteroatoms. The van der Waals surface area contributed by atoms with Crippen molar-refractivity contribution in [1.29, 1.82) is 0 Å². The van der Waals surface area contributed by atoms with Gasteiger partial charge in [0.25, 0.3) is 5.91 Å². The van der Waals surface area contributed by atoms with Gasteiger partial charge in [0.15, 0.2) is 0 Å². The number of hydrogen-bond donors (Lipinski definition) is 4. The molecule has 0 spiro atoms. The normalized spacial score (nSPS) is 9.61. The van der Waals surface area contributed by atoms with E-state index >= 15 is 0 Å². The molecule has 0 aliphatic rings. The summed E-state index contributed by atoms with van der Waals surface area (Å²) >= 11 is 0. The van der Waals surface area contributed by atoms with E-state index in [1.54, 1.807) is 18.2 Å². The van der Waals surface area contributed by atoms with Crippen LogP contribution in [0.25, 0.3) is 0 Å². The number of nitrogens with one attached hydrogen (secondary N) is 2. The Bertz CT molecular complexity index is 448. The maximum Gasteiger partial charge on any atom is 0.312 e. The van der Waals surface area contributed by atoms with Crippen LogP contribution in [0.15, 0.2) is 18.2 Å². The fourth-order valence-corrected chi connectivity index (χ4v) is 1.33. The summed E-state index contributed by atoms with van der Waals surface area (Å²) in [5, 5.41) is 4.97. The first-order chi connectivity index (χ1) is 8.52. The van der Waals surface area contributed by atoms with Gasteiger partial charge in [-0.15, -0.1) is 0 Å². The van der Waals surface area contributed by atoms with E-state index in [0.29, 0.717) is 17.0 Å². The number of anilines is 1. The fourth-order valence-electron chi connectivity index (χ4n) is 1.33. The Kier molecular flexibility index (Phi) is 4.79. The second kappa shape index (κ2) is 6.33. The minimum atomic E-state index is -0.630. The zero-order valence-electron chi connectivity index (χ0n) is 10.0. The Morgan fingerprint density at radius 2 is 1.89 bits per heavy atom. The number of ether oxygens (including phenoxy) is 1. The zero-order valence-corrected chi connectivity index (χ0v) is 10.0. The summed E-state index contributed by atoms with van der Waals surface area (Å²) in [6.45, 7) is 0.541. The van der Waals surface area contributed by atoms with Crippen molar-refractivity contribution in [3.05, 3.63) is 23.8 Å². The Morgan fingerprint density at radius 3 is 2.50 bits per heavy atom. The largest absolute Gasteiger partial charge is 0.497 e. The van der Waals surface area contributed by atoms with E-state index < -0.39 is 6.03 Å². The number of carbonyl (C=O) groups is 2. The molecule has 0 saturated carbocycles. The molecule has 1 rings (SSSR count). The molecule has 0 aromatic heterocycles. The SMILES string of the molecule is COc1cc(N)cc(C(=O)NCCNC(N)=O)c1. The topological polar surface area (TPSA) is 119 Å². The molecule has 0 saturated heterocycles. The van der Waals surface area contributed by atoms with Gasteiger partial charge < -0.3 is 26.8 Å². The van der Waals surface area contributed by atoms with Gasteiger partial charge in [-0.05, 0) is 12.1 Å². The number of rotatable bonds is 5. The first-order valence-corrected chi connectivity index (χ1v) is 5.29. The predicted molar refractivity (Wildman–Crippen MR) is 67.3 cm³/mol. The average Bonchev–Trinajstić information content (AvgIpc) is 2.33. The maximum absolute atomic E-state index is 11.7. The molecule has 0 atom stereocenters. The third-order valence-electron chi connectivity index (χ3n) is 2.14. The highest BCUT2D eigenvalue weighted by molar-refractivity contribution is 5.95. The lowest BCUT2D eigenvalue weighted by Gasteiger charge is -2.08. The van der Waals surface area contributed by atoms with E-state index in [1.807, 2.05) is 0 Å². The number of urea groups is 1. The minimum absolute atomic E-state index is 0.264. The Balaban J connectivity index is 2.55. The lowest BCUT2D eigenvalue weighted by molar-refractivity contribution is 0.0953. The molecule has 18 heavy (non-hydrogen) atoms. The first kappa shape index (κ1) is 13.6. The molecule has 0 aliphatic carbocycles. The molecule has 0 unspecified atom stereocenters. The van der Waals surface area contributed by atoms with Crippen LogP contribution >= 0.6 is 0 Å². The number of carbonyl (C=O) groups excluding carboxylic acids is 2. The number of amides is 3. The molecule has 0 fully saturated rings. The summed E-state index contributed by atoms with van der Waals surface area (Å²) in [7, 11) is 1.49. The van der Waals surface area contributed by atoms with Crippen LogP contribution in [0.2, 0.25) is 0 Å². The standard InChI is InChI=1S/C11H16N4O3/c1-18-9-5-7(4-8(12)6-9)10(16)14-2-3-15-11(13)17/h4-6H,2-3,12H2,1H3,(H,14,16)(H3,13,15,17). The van der Waals surface area contributed by atoms with Crippen molar-refractivity contribution in [3.63, 3.8) is 0 Å². The van der Waals surface area contributed by atoms with E-state index in [4.69, 9.17) is 16.2 Å².